The third-order valence-corrected chi connectivity index (χ3v) is 4.03. The lowest BCUT2D eigenvalue weighted by atomic mass is 9.82. The molecule has 1 heterocycles. The first kappa shape index (κ1) is 11.7. The predicted octanol–water partition coefficient (Wildman–Crippen LogP) is 2.93. The molecular formula is C14H18FN3. The minimum atomic E-state index is -0.218. The van der Waals surface area contributed by atoms with Gasteiger partial charge in [-0.05, 0) is 56.3 Å². The van der Waals surface area contributed by atoms with E-state index in [-0.39, 0.29) is 5.82 Å². The Morgan fingerprint density at radius 2 is 2.06 bits per heavy atom. The smallest absolute Gasteiger partial charge is 0.125 e. The summed E-state index contributed by atoms with van der Waals surface area (Å²) in [5, 5.41) is 0. The summed E-state index contributed by atoms with van der Waals surface area (Å²) in [6.07, 6.45) is 4.60. The van der Waals surface area contributed by atoms with Gasteiger partial charge in [0.25, 0.3) is 0 Å². The maximum Gasteiger partial charge on any atom is 0.125 e. The number of benzene rings is 1. The van der Waals surface area contributed by atoms with Crippen LogP contribution in [0, 0.1) is 11.7 Å². The summed E-state index contributed by atoms with van der Waals surface area (Å²) in [5.74, 6) is 1.93. The molecule has 2 aromatic rings. The molecule has 0 unspecified atom stereocenters. The predicted molar refractivity (Wildman–Crippen MR) is 69.8 cm³/mol. The highest BCUT2D eigenvalue weighted by Gasteiger charge is 2.23. The van der Waals surface area contributed by atoms with Gasteiger partial charge in [0.15, 0.2) is 0 Å². The fraction of sp³-hybridized carbons (Fsp3) is 0.500. The fourth-order valence-corrected chi connectivity index (χ4v) is 2.87. The average Bonchev–Trinajstić information content (AvgIpc) is 2.81. The van der Waals surface area contributed by atoms with Crippen LogP contribution in [0.5, 0.6) is 0 Å². The highest BCUT2D eigenvalue weighted by molar-refractivity contribution is 5.75. The zero-order valence-corrected chi connectivity index (χ0v) is 10.3. The number of nitrogens with two attached hydrogens (primary N) is 1. The molecule has 0 aliphatic heterocycles. The molecule has 4 heteroatoms. The third kappa shape index (κ3) is 2.12. The van der Waals surface area contributed by atoms with Crippen LogP contribution in [0.25, 0.3) is 11.0 Å². The Bertz CT molecular complexity index is 541. The van der Waals surface area contributed by atoms with E-state index in [0.717, 1.165) is 36.2 Å². The van der Waals surface area contributed by atoms with E-state index in [1.807, 2.05) is 0 Å². The van der Waals surface area contributed by atoms with E-state index in [1.54, 1.807) is 6.07 Å². The lowest BCUT2D eigenvalue weighted by molar-refractivity contribution is 0.326. The fourth-order valence-electron chi connectivity index (χ4n) is 2.87. The van der Waals surface area contributed by atoms with E-state index in [2.05, 4.69) is 9.97 Å². The van der Waals surface area contributed by atoms with Crippen LogP contribution < -0.4 is 5.73 Å². The summed E-state index contributed by atoms with van der Waals surface area (Å²) in [6.45, 7) is 0.790. The number of fused-ring (bicyclic) bond motifs is 1. The summed E-state index contributed by atoms with van der Waals surface area (Å²) < 4.78 is 13.1. The van der Waals surface area contributed by atoms with E-state index < -0.39 is 0 Å². The van der Waals surface area contributed by atoms with Crippen LogP contribution in [-0.4, -0.2) is 16.5 Å². The number of aromatic nitrogens is 2. The lowest BCUT2D eigenvalue weighted by Crippen LogP contribution is -2.21. The largest absolute Gasteiger partial charge is 0.342 e. The van der Waals surface area contributed by atoms with Crippen molar-refractivity contribution in [3.8, 4) is 0 Å². The second kappa shape index (κ2) is 4.69. The van der Waals surface area contributed by atoms with Crippen molar-refractivity contribution in [3.05, 3.63) is 29.8 Å². The van der Waals surface area contributed by atoms with Crippen LogP contribution in [0.3, 0.4) is 0 Å². The molecule has 1 fully saturated rings. The molecular weight excluding hydrogens is 229 g/mol. The second-order valence-electron chi connectivity index (χ2n) is 5.24. The zero-order chi connectivity index (χ0) is 12.5. The Morgan fingerprint density at radius 1 is 1.28 bits per heavy atom. The van der Waals surface area contributed by atoms with E-state index >= 15 is 0 Å². The molecule has 3 nitrogen and oxygen atoms in total. The molecule has 3 N–H and O–H groups in total. The van der Waals surface area contributed by atoms with Crippen molar-refractivity contribution >= 4 is 11.0 Å². The zero-order valence-electron chi connectivity index (χ0n) is 10.3. The number of halogens is 1. The first-order valence-corrected chi connectivity index (χ1v) is 6.61. The van der Waals surface area contributed by atoms with Gasteiger partial charge >= 0.3 is 0 Å². The highest BCUT2D eigenvalue weighted by atomic mass is 19.1. The van der Waals surface area contributed by atoms with E-state index in [4.69, 9.17) is 5.73 Å². The monoisotopic (exact) mass is 247 g/mol. The van der Waals surface area contributed by atoms with Crippen molar-refractivity contribution in [1.82, 2.24) is 9.97 Å². The van der Waals surface area contributed by atoms with Crippen LogP contribution in [0.1, 0.15) is 37.4 Å². The first-order chi connectivity index (χ1) is 8.76. The van der Waals surface area contributed by atoms with Crippen molar-refractivity contribution in [3.63, 3.8) is 0 Å². The van der Waals surface area contributed by atoms with Crippen LogP contribution in [-0.2, 0) is 0 Å². The molecule has 18 heavy (non-hydrogen) atoms. The van der Waals surface area contributed by atoms with Gasteiger partial charge in [0.05, 0.1) is 11.0 Å². The van der Waals surface area contributed by atoms with Crippen molar-refractivity contribution in [2.75, 3.05) is 6.54 Å². The third-order valence-electron chi connectivity index (χ3n) is 4.03. The molecule has 1 saturated carbocycles. The maximum absolute atomic E-state index is 13.1. The summed E-state index contributed by atoms with van der Waals surface area (Å²) in [4.78, 5) is 7.83. The van der Waals surface area contributed by atoms with Crippen LogP contribution >= 0.6 is 0 Å². The highest BCUT2D eigenvalue weighted by Crippen LogP contribution is 2.34. The number of aromatic amines is 1. The first-order valence-electron chi connectivity index (χ1n) is 6.61. The summed E-state index contributed by atoms with van der Waals surface area (Å²) >= 11 is 0. The molecule has 0 amide bonds. The van der Waals surface area contributed by atoms with Crippen LogP contribution in [0.2, 0.25) is 0 Å². The maximum atomic E-state index is 13.1. The Hall–Kier alpha value is -1.42. The number of H-pyrrole nitrogens is 1. The van der Waals surface area contributed by atoms with E-state index in [0.29, 0.717) is 11.8 Å². The summed E-state index contributed by atoms with van der Waals surface area (Å²) in [7, 11) is 0. The van der Waals surface area contributed by atoms with Gasteiger partial charge in [0.2, 0.25) is 0 Å². The van der Waals surface area contributed by atoms with Crippen LogP contribution in [0.4, 0.5) is 4.39 Å². The minimum absolute atomic E-state index is 0.218. The van der Waals surface area contributed by atoms with E-state index in [1.165, 1.54) is 25.0 Å². The van der Waals surface area contributed by atoms with Gasteiger partial charge in [0, 0.05) is 5.92 Å². The van der Waals surface area contributed by atoms with Gasteiger partial charge in [-0.3, -0.25) is 0 Å². The van der Waals surface area contributed by atoms with Gasteiger partial charge < -0.3 is 10.7 Å². The number of rotatable bonds is 2. The molecule has 0 atom stereocenters. The molecule has 96 valence electrons. The molecule has 0 saturated heterocycles. The summed E-state index contributed by atoms with van der Waals surface area (Å²) in [6, 6.07) is 4.70. The molecule has 0 bridgehead atoms. The van der Waals surface area contributed by atoms with Crippen molar-refractivity contribution < 1.29 is 4.39 Å². The summed E-state index contributed by atoms with van der Waals surface area (Å²) in [5.41, 5.74) is 7.35. The van der Waals surface area contributed by atoms with Gasteiger partial charge in [-0.15, -0.1) is 0 Å². The Balaban J connectivity index is 1.82. The topological polar surface area (TPSA) is 54.7 Å². The molecule has 0 radical (unpaired) electrons. The van der Waals surface area contributed by atoms with Crippen molar-refractivity contribution in [2.24, 2.45) is 11.7 Å². The molecule has 1 aromatic carbocycles. The SMILES string of the molecule is NCC1CCC(c2nc3ccc(F)cc3[nH]2)CC1. The number of hydrogen-bond acceptors (Lipinski definition) is 2. The van der Waals surface area contributed by atoms with Crippen molar-refractivity contribution in [2.45, 2.75) is 31.6 Å². The molecule has 3 rings (SSSR count). The molecule has 1 aliphatic rings. The van der Waals surface area contributed by atoms with Crippen molar-refractivity contribution in [1.29, 1.82) is 0 Å². The molecule has 1 aromatic heterocycles. The van der Waals surface area contributed by atoms with Gasteiger partial charge in [-0.25, -0.2) is 9.37 Å². The number of hydrogen-bond donors (Lipinski definition) is 2. The van der Waals surface area contributed by atoms with E-state index in [9.17, 15) is 4.39 Å². The number of nitrogens with zero attached hydrogens (tertiary/aromatic N) is 1. The Labute approximate surface area is 106 Å². The van der Waals surface area contributed by atoms with Crippen LogP contribution in [0.15, 0.2) is 18.2 Å². The quantitative estimate of drug-likeness (QED) is 0.857. The number of imidazole rings is 1. The van der Waals surface area contributed by atoms with Gasteiger partial charge in [-0.1, -0.05) is 0 Å². The normalized spacial score (nSPS) is 24.6. The van der Waals surface area contributed by atoms with Gasteiger partial charge in [-0.2, -0.15) is 0 Å². The standard InChI is InChI=1S/C14H18FN3/c15-11-5-6-12-13(7-11)18-14(17-12)10-3-1-9(8-16)2-4-10/h5-7,9-10H,1-4,8,16H2,(H,17,18). The Kier molecular flexibility index (Phi) is 3.04. The minimum Gasteiger partial charge on any atom is -0.342 e. The second-order valence-corrected chi connectivity index (χ2v) is 5.24. The number of nitrogens with one attached hydrogen (secondary N) is 1. The average molecular weight is 247 g/mol. The molecule has 0 spiro atoms. The molecule has 1 aliphatic carbocycles. The Morgan fingerprint density at radius 3 is 2.78 bits per heavy atom. The lowest BCUT2D eigenvalue weighted by Gasteiger charge is -2.26. The van der Waals surface area contributed by atoms with Gasteiger partial charge in [0.1, 0.15) is 11.6 Å².